The number of nitrogens with one attached hydrogen (secondary N) is 1. The van der Waals surface area contributed by atoms with Crippen molar-refractivity contribution in [2.45, 2.75) is 20.0 Å². The van der Waals surface area contributed by atoms with E-state index in [0.29, 0.717) is 16.8 Å². The molecule has 2 N–H and O–H groups in total. The number of H-pyrrole nitrogens is 1. The number of pyridine rings is 1. The zero-order valence-electron chi connectivity index (χ0n) is 11.2. The minimum atomic E-state index is -1.10. The number of carboxylic acids is 1. The summed E-state index contributed by atoms with van der Waals surface area (Å²) in [5.41, 5.74) is 0.646. The van der Waals surface area contributed by atoms with Crippen LogP contribution >= 0.6 is 0 Å². The van der Waals surface area contributed by atoms with Gasteiger partial charge in [0.1, 0.15) is 5.75 Å². The lowest BCUT2D eigenvalue weighted by molar-refractivity contribution is -0.131. The average molecular weight is 273 g/mol. The Hall–Kier alpha value is -2.56. The highest BCUT2D eigenvalue weighted by Crippen LogP contribution is 2.20. The summed E-state index contributed by atoms with van der Waals surface area (Å²) in [5.74, 6) is -0.394. The Morgan fingerprint density at radius 2 is 2.10 bits per heavy atom. The lowest BCUT2D eigenvalue weighted by Crippen LogP contribution is -2.09. The van der Waals surface area contributed by atoms with Crippen molar-refractivity contribution in [2.24, 2.45) is 0 Å². The van der Waals surface area contributed by atoms with Gasteiger partial charge >= 0.3 is 5.97 Å². The van der Waals surface area contributed by atoms with Crippen LogP contribution in [-0.2, 0) is 4.79 Å². The maximum atomic E-state index is 11.8. The number of hydrogen-bond acceptors (Lipinski definition) is 3. The highest BCUT2D eigenvalue weighted by Gasteiger charge is 2.04. The molecule has 2 rings (SSSR count). The summed E-state index contributed by atoms with van der Waals surface area (Å²) >= 11 is 0. The molecule has 20 heavy (non-hydrogen) atoms. The van der Waals surface area contributed by atoms with Crippen LogP contribution in [0.4, 0.5) is 0 Å². The van der Waals surface area contributed by atoms with Gasteiger partial charge in [0.15, 0.2) is 0 Å². The number of aliphatic carboxylic acids is 1. The van der Waals surface area contributed by atoms with E-state index in [2.05, 4.69) is 4.98 Å². The maximum absolute atomic E-state index is 11.8. The standard InChI is InChI=1S/C15H15NO4/c1-9(2)20-12-4-5-13-11(8-12)7-10(15(19)16-13)3-6-14(17)18/h3-9H,1-2H3,(H,16,19)(H,17,18)/b6-3+. The largest absolute Gasteiger partial charge is 0.491 e. The molecular formula is C15H15NO4. The van der Waals surface area contributed by atoms with E-state index in [1.54, 1.807) is 18.2 Å². The Kier molecular flexibility index (Phi) is 3.89. The van der Waals surface area contributed by atoms with Gasteiger partial charge in [0.25, 0.3) is 5.56 Å². The summed E-state index contributed by atoms with van der Waals surface area (Å²) in [5, 5.41) is 9.39. The van der Waals surface area contributed by atoms with Crippen LogP contribution in [-0.4, -0.2) is 22.2 Å². The summed E-state index contributed by atoms with van der Waals surface area (Å²) in [6.07, 6.45) is 2.27. The molecule has 0 unspecified atom stereocenters. The van der Waals surface area contributed by atoms with Crippen LogP contribution in [0.3, 0.4) is 0 Å². The topological polar surface area (TPSA) is 79.4 Å². The van der Waals surface area contributed by atoms with Crippen molar-refractivity contribution in [1.29, 1.82) is 0 Å². The first kappa shape index (κ1) is 13.9. The van der Waals surface area contributed by atoms with Crippen molar-refractivity contribution in [2.75, 3.05) is 0 Å². The van der Waals surface area contributed by atoms with E-state index in [0.717, 1.165) is 11.5 Å². The molecule has 0 spiro atoms. The van der Waals surface area contributed by atoms with Gasteiger partial charge in [-0.15, -0.1) is 0 Å². The molecule has 1 aromatic heterocycles. The second-order valence-corrected chi connectivity index (χ2v) is 4.64. The molecule has 0 aliphatic carbocycles. The highest BCUT2D eigenvalue weighted by molar-refractivity contribution is 5.87. The monoisotopic (exact) mass is 273 g/mol. The molecule has 1 heterocycles. The van der Waals surface area contributed by atoms with E-state index in [1.807, 2.05) is 19.9 Å². The van der Waals surface area contributed by atoms with Gasteiger partial charge in [-0.3, -0.25) is 4.79 Å². The van der Waals surface area contributed by atoms with Gasteiger partial charge < -0.3 is 14.8 Å². The van der Waals surface area contributed by atoms with Crippen LogP contribution < -0.4 is 10.3 Å². The van der Waals surface area contributed by atoms with Gasteiger partial charge in [0, 0.05) is 22.5 Å². The lowest BCUT2D eigenvalue weighted by Gasteiger charge is -2.10. The number of carboxylic acid groups (broad SMARTS) is 1. The third-order valence-corrected chi connectivity index (χ3v) is 2.62. The van der Waals surface area contributed by atoms with Gasteiger partial charge in [-0.05, 0) is 44.2 Å². The van der Waals surface area contributed by atoms with Crippen LogP contribution in [0, 0.1) is 0 Å². The predicted molar refractivity (Wildman–Crippen MR) is 77.0 cm³/mol. The number of aromatic nitrogens is 1. The first-order valence-corrected chi connectivity index (χ1v) is 6.20. The molecule has 0 saturated heterocycles. The fraction of sp³-hybridized carbons (Fsp3) is 0.200. The van der Waals surface area contributed by atoms with Crippen molar-refractivity contribution in [1.82, 2.24) is 4.98 Å². The minimum absolute atomic E-state index is 0.0570. The highest BCUT2D eigenvalue weighted by atomic mass is 16.5. The van der Waals surface area contributed by atoms with Crippen LogP contribution in [0.5, 0.6) is 5.75 Å². The van der Waals surface area contributed by atoms with Crippen molar-refractivity contribution in [3.05, 3.63) is 46.3 Å². The van der Waals surface area contributed by atoms with Gasteiger partial charge in [0.2, 0.25) is 0 Å². The summed E-state index contributed by atoms with van der Waals surface area (Å²) in [6, 6.07) is 6.99. The number of aromatic amines is 1. The molecule has 0 saturated carbocycles. The molecular weight excluding hydrogens is 258 g/mol. The van der Waals surface area contributed by atoms with Gasteiger partial charge in [-0.25, -0.2) is 4.79 Å². The Labute approximate surface area is 115 Å². The zero-order chi connectivity index (χ0) is 14.7. The minimum Gasteiger partial charge on any atom is -0.491 e. The van der Waals surface area contributed by atoms with Crippen molar-refractivity contribution in [3.63, 3.8) is 0 Å². The Morgan fingerprint density at radius 3 is 2.75 bits per heavy atom. The smallest absolute Gasteiger partial charge is 0.328 e. The Balaban J connectivity index is 2.48. The summed E-state index contributed by atoms with van der Waals surface area (Å²) in [7, 11) is 0. The molecule has 1 aromatic carbocycles. The summed E-state index contributed by atoms with van der Waals surface area (Å²) in [6.45, 7) is 3.86. The molecule has 0 aliphatic rings. The van der Waals surface area contributed by atoms with Crippen LogP contribution in [0.15, 0.2) is 35.1 Å². The third kappa shape index (κ3) is 3.26. The molecule has 2 aromatic rings. The Morgan fingerprint density at radius 1 is 1.35 bits per heavy atom. The Bertz CT molecular complexity index is 728. The predicted octanol–water partition coefficient (Wildman–Crippen LogP) is 2.41. The van der Waals surface area contributed by atoms with Gasteiger partial charge in [-0.1, -0.05) is 0 Å². The quantitative estimate of drug-likeness (QED) is 0.838. The molecule has 0 atom stereocenters. The van der Waals surface area contributed by atoms with Crippen molar-refractivity contribution >= 4 is 22.9 Å². The van der Waals surface area contributed by atoms with Crippen LogP contribution in [0.25, 0.3) is 17.0 Å². The number of rotatable bonds is 4. The second kappa shape index (κ2) is 5.61. The number of benzene rings is 1. The molecule has 0 fully saturated rings. The second-order valence-electron chi connectivity index (χ2n) is 4.64. The van der Waals surface area contributed by atoms with E-state index in [9.17, 15) is 9.59 Å². The molecule has 0 aliphatic heterocycles. The average Bonchev–Trinajstić information content (AvgIpc) is 2.36. The van der Waals surface area contributed by atoms with E-state index < -0.39 is 5.97 Å². The van der Waals surface area contributed by atoms with Crippen molar-refractivity contribution < 1.29 is 14.6 Å². The third-order valence-electron chi connectivity index (χ3n) is 2.62. The number of hydrogen-bond donors (Lipinski definition) is 2. The number of fused-ring (bicyclic) bond motifs is 1. The van der Waals surface area contributed by atoms with Gasteiger partial charge in [-0.2, -0.15) is 0 Å². The van der Waals surface area contributed by atoms with Crippen molar-refractivity contribution in [3.8, 4) is 5.75 Å². The van der Waals surface area contributed by atoms with Gasteiger partial charge in [0.05, 0.1) is 6.10 Å². The SMILES string of the molecule is CC(C)Oc1ccc2[nH]c(=O)c(/C=C/C(=O)O)cc2c1. The fourth-order valence-electron chi connectivity index (χ4n) is 1.83. The number of ether oxygens (including phenoxy) is 1. The van der Waals surface area contributed by atoms with E-state index in [1.165, 1.54) is 6.08 Å². The van der Waals surface area contributed by atoms with Crippen LogP contribution in [0.1, 0.15) is 19.4 Å². The normalized spacial score (nSPS) is 11.3. The maximum Gasteiger partial charge on any atom is 0.328 e. The number of carbonyl (C=O) groups is 1. The van der Waals surface area contributed by atoms with Crippen LogP contribution in [0.2, 0.25) is 0 Å². The van der Waals surface area contributed by atoms with E-state index in [-0.39, 0.29) is 11.7 Å². The van der Waals surface area contributed by atoms with E-state index >= 15 is 0 Å². The molecule has 0 bridgehead atoms. The molecule has 0 radical (unpaired) electrons. The van der Waals surface area contributed by atoms with E-state index in [4.69, 9.17) is 9.84 Å². The first-order valence-electron chi connectivity index (χ1n) is 6.20. The molecule has 0 amide bonds. The molecule has 5 heteroatoms. The zero-order valence-corrected chi connectivity index (χ0v) is 11.2. The fourth-order valence-corrected chi connectivity index (χ4v) is 1.83. The first-order chi connectivity index (χ1) is 9.45. The lowest BCUT2D eigenvalue weighted by atomic mass is 10.1. The summed E-state index contributed by atoms with van der Waals surface area (Å²) < 4.78 is 5.59. The molecule has 104 valence electrons. The molecule has 5 nitrogen and oxygen atoms in total. The summed E-state index contributed by atoms with van der Waals surface area (Å²) in [4.78, 5) is 25.0.